The number of piperidine rings is 1. The van der Waals surface area contributed by atoms with Crippen LogP contribution in [0.2, 0.25) is 0 Å². The Balaban J connectivity index is 2.01. The average Bonchev–Trinajstić information content (AvgIpc) is 2.96. The number of ether oxygens (including phenoxy) is 1. The number of amides is 1. The highest BCUT2D eigenvalue weighted by molar-refractivity contribution is 6.00. The largest absolute Gasteiger partial charge is 0.496 e. The predicted octanol–water partition coefficient (Wildman–Crippen LogP) is 2.72. The molecule has 0 aliphatic carbocycles. The first-order chi connectivity index (χ1) is 10.7. The Kier molecular flexibility index (Phi) is 4.13. The van der Waals surface area contributed by atoms with E-state index in [-0.39, 0.29) is 5.91 Å². The van der Waals surface area contributed by atoms with Gasteiger partial charge in [-0.15, -0.1) is 0 Å². The van der Waals surface area contributed by atoms with Gasteiger partial charge in [-0.05, 0) is 31.4 Å². The van der Waals surface area contributed by atoms with Crippen LogP contribution in [0.3, 0.4) is 0 Å². The highest BCUT2D eigenvalue weighted by Gasteiger charge is 2.24. The lowest BCUT2D eigenvalue weighted by molar-refractivity contribution is 0.0725. The minimum atomic E-state index is 0.0636. The van der Waals surface area contributed by atoms with Crippen molar-refractivity contribution in [3.63, 3.8) is 0 Å². The van der Waals surface area contributed by atoms with E-state index in [1.165, 1.54) is 6.42 Å². The van der Waals surface area contributed by atoms with Gasteiger partial charge >= 0.3 is 0 Å². The van der Waals surface area contributed by atoms with Crippen molar-refractivity contribution >= 4 is 5.91 Å². The molecule has 1 aliphatic heterocycles. The van der Waals surface area contributed by atoms with E-state index in [4.69, 9.17) is 4.74 Å². The van der Waals surface area contributed by atoms with Crippen LogP contribution in [0.5, 0.6) is 5.75 Å². The van der Waals surface area contributed by atoms with Gasteiger partial charge in [-0.25, -0.2) is 0 Å². The molecule has 22 heavy (non-hydrogen) atoms. The summed E-state index contributed by atoms with van der Waals surface area (Å²) in [5.74, 6) is 0.794. The van der Waals surface area contributed by atoms with Gasteiger partial charge in [0.25, 0.3) is 5.91 Å². The summed E-state index contributed by atoms with van der Waals surface area (Å²) in [6, 6.07) is 7.67. The molecule has 0 N–H and O–H groups in total. The van der Waals surface area contributed by atoms with E-state index in [1.54, 1.807) is 18.0 Å². The molecule has 0 spiro atoms. The summed E-state index contributed by atoms with van der Waals surface area (Å²) in [4.78, 5) is 14.8. The van der Waals surface area contributed by atoms with Gasteiger partial charge in [-0.2, -0.15) is 5.10 Å². The van der Waals surface area contributed by atoms with Crippen molar-refractivity contribution in [3.05, 3.63) is 36.0 Å². The number of rotatable bonds is 3. The van der Waals surface area contributed by atoms with Crippen LogP contribution in [-0.4, -0.2) is 40.8 Å². The smallest absolute Gasteiger partial charge is 0.257 e. The number of likely N-dealkylation sites (tertiary alicyclic amines) is 1. The van der Waals surface area contributed by atoms with Gasteiger partial charge in [0.05, 0.1) is 12.7 Å². The van der Waals surface area contributed by atoms with Crippen LogP contribution >= 0.6 is 0 Å². The number of benzene rings is 1. The van der Waals surface area contributed by atoms with E-state index in [0.29, 0.717) is 11.3 Å². The number of aryl methyl sites for hydroxylation is 1. The Morgan fingerprint density at radius 2 is 1.91 bits per heavy atom. The van der Waals surface area contributed by atoms with Crippen molar-refractivity contribution in [3.8, 4) is 17.0 Å². The molecule has 0 bridgehead atoms. The molecule has 1 aromatic heterocycles. The van der Waals surface area contributed by atoms with Crippen molar-refractivity contribution in [2.24, 2.45) is 7.05 Å². The maximum Gasteiger partial charge on any atom is 0.257 e. The molecule has 1 fully saturated rings. The molecule has 2 heterocycles. The molecule has 0 saturated carbocycles. The molecule has 0 atom stereocenters. The lowest BCUT2D eigenvalue weighted by atomic mass is 10.0. The second-order valence-electron chi connectivity index (χ2n) is 5.62. The topological polar surface area (TPSA) is 47.4 Å². The first-order valence-electron chi connectivity index (χ1n) is 7.67. The van der Waals surface area contributed by atoms with Gasteiger partial charge in [0.15, 0.2) is 0 Å². The molecule has 1 saturated heterocycles. The van der Waals surface area contributed by atoms with E-state index < -0.39 is 0 Å². The fraction of sp³-hybridized carbons (Fsp3) is 0.412. The molecule has 1 amide bonds. The van der Waals surface area contributed by atoms with Crippen LogP contribution < -0.4 is 4.74 Å². The first-order valence-corrected chi connectivity index (χ1v) is 7.67. The molecule has 3 rings (SSSR count). The third-order valence-corrected chi connectivity index (χ3v) is 4.06. The fourth-order valence-corrected chi connectivity index (χ4v) is 2.95. The monoisotopic (exact) mass is 299 g/mol. The number of methoxy groups -OCH3 is 1. The van der Waals surface area contributed by atoms with Gasteiger partial charge in [0, 0.05) is 31.9 Å². The highest BCUT2D eigenvalue weighted by atomic mass is 16.5. The Bertz CT molecular complexity index is 672. The molecule has 1 aromatic carbocycles. The Morgan fingerprint density at radius 3 is 2.64 bits per heavy atom. The lowest BCUT2D eigenvalue weighted by Crippen LogP contribution is -2.35. The van der Waals surface area contributed by atoms with Crippen LogP contribution in [0.25, 0.3) is 11.3 Å². The minimum Gasteiger partial charge on any atom is -0.496 e. The fourth-order valence-electron chi connectivity index (χ4n) is 2.95. The number of para-hydroxylation sites is 1. The molecule has 5 nitrogen and oxygen atoms in total. The van der Waals surface area contributed by atoms with Gasteiger partial charge < -0.3 is 9.64 Å². The van der Waals surface area contributed by atoms with Crippen molar-refractivity contribution in [2.75, 3.05) is 20.2 Å². The summed E-state index contributed by atoms with van der Waals surface area (Å²) in [6.07, 6.45) is 5.17. The number of carbonyl (C=O) groups is 1. The molecular weight excluding hydrogens is 278 g/mol. The molecule has 1 aliphatic rings. The highest BCUT2D eigenvalue weighted by Crippen LogP contribution is 2.31. The minimum absolute atomic E-state index is 0.0636. The van der Waals surface area contributed by atoms with Gasteiger partial charge in [0.1, 0.15) is 11.4 Å². The molecule has 5 heteroatoms. The number of hydrogen-bond acceptors (Lipinski definition) is 3. The SMILES string of the molecule is COc1ccccc1-c1nn(C)cc1C(=O)N1CCCCC1. The maximum absolute atomic E-state index is 12.8. The van der Waals surface area contributed by atoms with Crippen LogP contribution in [-0.2, 0) is 7.05 Å². The number of aromatic nitrogens is 2. The van der Waals surface area contributed by atoms with Crippen molar-refractivity contribution in [1.82, 2.24) is 14.7 Å². The van der Waals surface area contributed by atoms with E-state index in [1.807, 2.05) is 36.2 Å². The lowest BCUT2D eigenvalue weighted by Gasteiger charge is -2.26. The van der Waals surface area contributed by atoms with Crippen molar-refractivity contribution in [2.45, 2.75) is 19.3 Å². The Hall–Kier alpha value is -2.30. The third kappa shape index (κ3) is 2.71. The van der Waals surface area contributed by atoms with Gasteiger partial charge in [0.2, 0.25) is 0 Å². The third-order valence-electron chi connectivity index (χ3n) is 4.06. The normalized spacial score (nSPS) is 14.9. The van der Waals surface area contributed by atoms with E-state index in [9.17, 15) is 4.79 Å². The maximum atomic E-state index is 12.8. The quantitative estimate of drug-likeness (QED) is 0.875. The average molecular weight is 299 g/mol. The molecule has 0 radical (unpaired) electrons. The summed E-state index contributed by atoms with van der Waals surface area (Å²) in [5.41, 5.74) is 2.19. The molecular formula is C17H21N3O2. The molecule has 116 valence electrons. The van der Waals surface area contributed by atoms with E-state index in [0.717, 1.165) is 37.2 Å². The summed E-state index contributed by atoms with van der Waals surface area (Å²) < 4.78 is 7.11. The summed E-state index contributed by atoms with van der Waals surface area (Å²) in [5, 5.41) is 4.49. The zero-order chi connectivity index (χ0) is 15.5. The van der Waals surface area contributed by atoms with E-state index in [2.05, 4.69) is 5.10 Å². The van der Waals surface area contributed by atoms with Gasteiger partial charge in [-0.3, -0.25) is 9.48 Å². The van der Waals surface area contributed by atoms with Crippen LogP contribution in [0.1, 0.15) is 29.6 Å². The summed E-state index contributed by atoms with van der Waals surface area (Å²) >= 11 is 0. The second kappa shape index (κ2) is 6.22. The predicted molar refractivity (Wildman–Crippen MR) is 85.0 cm³/mol. The molecule has 2 aromatic rings. The van der Waals surface area contributed by atoms with E-state index >= 15 is 0 Å². The second-order valence-corrected chi connectivity index (χ2v) is 5.62. The van der Waals surface area contributed by atoms with Crippen LogP contribution in [0.4, 0.5) is 0 Å². The zero-order valence-corrected chi connectivity index (χ0v) is 13.1. The first kappa shape index (κ1) is 14.6. The molecule has 0 unspecified atom stereocenters. The van der Waals surface area contributed by atoms with Crippen LogP contribution in [0, 0.1) is 0 Å². The Labute approximate surface area is 130 Å². The van der Waals surface area contributed by atoms with Crippen molar-refractivity contribution < 1.29 is 9.53 Å². The summed E-state index contributed by atoms with van der Waals surface area (Å²) in [7, 11) is 3.47. The van der Waals surface area contributed by atoms with Crippen LogP contribution in [0.15, 0.2) is 30.5 Å². The number of hydrogen-bond donors (Lipinski definition) is 0. The Morgan fingerprint density at radius 1 is 1.18 bits per heavy atom. The zero-order valence-electron chi connectivity index (χ0n) is 13.1. The number of carbonyl (C=O) groups excluding carboxylic acids is 1. The standard InChI is InChI=1S/C17H21N3O2/c1-19-12-14(17(21)20-10-6-3-7-11-20)16(18-19)13-8-4-5-9-15(13)22-2/h4-5,8-9,12H,3,6-7,10-11H2,1-2H3. The van der Waals surface area contributed by atoms with Crippen molar-refractivity contribution in [1.29, 1.82) is 0 Å². The number of nitrogens with zero attached hydrogens (tertiary/aromatic N) is 3. The summed E-state index contributed by atoms with van der Waals surface area (Å²) in [6.45, 7) is 1.66. The van der Waals surface area contributed by atoms with Gasteiger partial charge in [-0.1, -0.05) is 12.1 Å².